The zero-order valence-electron chi connectivity index (χ0n) is 10.5. The topological polar surface area (TPSA) is 56.3 Å². The van der Waals surface area contributed by atoms with Crippen LogP contribution < -0.4 is 10.1 Å². The van der Waals surface area contributed by atoms with Crippen LogP contribution in [0.3, 0.4) is 0 Å². The number of hydrogen-bond acceptors (Lipinski definition) is 5. The number of aryl methyl sites for hydroxylation is 1. The molecule has 1 aliphatic carbocycles. The molecule has 1 aromatic rings. The molecule has 2 heterocycles. The normalized spacial score (nSPS) is 23.4. The molecule has 0 aromatic carbocycles. The largest absolute Gasteiger partial charge is 0.475 e. The first-order chi connectivity index (χ1) is 8.93. The lowest BCUT2D eigenvalue weighted by Crippen LogP contribution is -2.41. The number of fused-ring (bicyclic) bond motifs is 1. The number of nitrogens with one attached hydrogen (secondary N) is 1. The smallest absolute Gasteiger partial charge is 0.219 e. The van der Waals surface area contributed by atoms with Gasteiger partial charge in [0.1, 0.15) is 19.0 Å². The minimum Gasteiger partial charge on any atom is -0.475 e. The van der Waals surface area contributed by atoms with Gasteiger partial charge in [-0.15, -0.1) is 0 Å². The van der Waals surface area contributed by atoms with Gasteiger partial charge < -0.3 is 14.8 Å². The number of nitrogens with zero attached hydrogens (tertiary/aromatic N) is 2. The summed E-state index contributed by atoms with van der Waals surface area (Å²) in [7, 11) is 0. The van der Waals surface area contributed by atoms with Crippen molar-refractivity contribution in [1.82, 2.24) is 15.3 Å². The van der Waals surface area contributed by atoms with Gasteiger partial charge in [-0.1, -0.05) is 0 Å². The summed E-state index contributed by atoms with van der Waals surface area (Å²) in [6.45, 7) is 3.11. The minimum atomic E-state index is 0.132. The van der Waals surface area contributed by atoms with Crippen molar-refractivity contribution >= 4 is 0 Å². The fourth-order valence-corrected chi connectivity index (χ4v) is 2.51. The summed E-state index contributed by atoms with van der Waals surface area (Å²) < 4.78 is 11.4. The average Bonchev–Trinajstić information content (AvgIpc) is 2.46. The van der Waals surface area contributed by atoms with E-state index in [0.29, 0.717) is 6.61 Å². The van der Waals surface area contributed by atoms with Crippen LogP contribution in [0.15, 0.2) is 6.33 Å². The van der Waals surface area contributed by atoms with Crippen LogP contribution in [0, 0.1) is 0 Å². The maximum Gasteiger partial charge on any atom is 0.219 e. The first-order valence-electron chi connectivity index (χ1n) is 6.71. The van der Waals surface area contributed by atoms with Crippen molar-refractivity contribution in [1.29, 1.82) is 0 Å². The van der Waals surface area contributed by atoms with Gasteiger partial charge >= 0.3 is 0 Å². The van der Waals surface area contributed by atoms with E-state index in [2.05, 4.69) is 15.3 Å². The van der Waals surface area contributed by atoms with Crippen molar-refractivity contribution in [3.63, 3.8) is 0 Å². The van der Waals surface area contributed by atoms with Crippen LogP contribution in [-0.4, -0.2) is 42.4 Å². The lowest BCUT2D eigenvalue weighted by molar-refractivity contribution is -0.00103. The lowest BCUT2D eigenvalue weighted by atomic mass is 9.97. The molecular weight excluding hydrogens is 230 g/mol. The maximum absolute atomic E-state index is 5.83. The Morgan fingerprint density at radius 3 is 3.17 bits per heavy atom. The molecule has 18 heavy (non-hydrogen) atoms. The zero-order valence-corrected chi connectivity index (χ0v) is 10.5. The number of hydrogen-bond donors (Lipinski definition) is 1. The van der Waals surface area contributed by atoms with Crippen LogP contribution in [-0.2, 0) is 17.6 Å². The monoisotopic (exact) mass is 249 g/mol. The second-order valence-electron chi connectivity index (χ2n) is 4.82. The van der Waals surface area contributed by atoms with Crippen LogP contribution in [0.25, 0.3) is 0 Å². The molecule has 0 radical (unpaired) electrons. The molecule has 98 valence electrons. The lowest BCUT2D eigenvalue weighted by Gasteiger charge is -2.24. The quantitative estimate of drug-likeness (QED) is 0.855. The minimum absolute atomic E-state index is 0.132. The highest BCUT2D eigenvalue weighted by Crippen LogP contribution is 2.26. The second-order valence-corrected chi connectivity index (χ2v) is 4.82. The zero-order chi connectivity index (χ0) is 12.2. The fourth-order valence-electron chi connectivity index (χ4n) is 2.51. The first kappa shape index (κ1) is 11.9. The highest BCUT2D eigenvalue weighted by molar-refractivity contribution is 5.31. The molecule has 5 nitrogen and oxygen atoms in total. The molecule has 0 bridgehead atoms. The van der Waals surface area contributed by atoms with Gasteiger partial charge in [-0.25, -0.2) is 9.97 Å². The van der Waals surface area contributed by atoms with Gasteiger partial charge in [-0.05, 0) is 25.7 Å². The molecule has 0 spiro atoms. The van der Waals surface area contributed by atoms with E-state index in [0.717, 1.165) is 44.1 Å². The van der Waals surface area contributed by atoms with Gasteiger partial charge in [0.2, 0.25) is 5.88 Å². The molecule has 3 rings (SSSR count). The van der Waals surface area contributed by atoms with E-state index in [1.807, 2.05) is 0 Å². The van der Waals surface area contributed by atoms with Crippen molar-refractivity contribution in [2.24, 2.45) is 0 Å². The highest BCUT2D eigenvalue weighted by atomic mass is 16.5. The summed E-state index contributed by atoms with van der Waals surface area (Å²) in [6.07, 6.45) is 6.26. The molecule has 5 heteroatoms. The van der Waals surface area contributed by atoms with Crippen LogP contribution in [0.2, 0.25) is 0 Å². The maximum atomic E-state index is 5.83. The number of rotatable bonds is 3. The van der Waals surface area contributed by atoms with Gasteiger partial charge in [0.05, 0.1) is 12.3 Å². The van der Waals surface area contributed by atoms with Crippen molar-refractivity contribution < 1.29 is 9.47 Å². The predicted molar refractivity (Wildman–Crippen MR) is 66.8 cm³/mol. The molecule has 0 amide bonds. The van der Waals surface area contributed by atoms with Crippen molar-refractivity contribution in [3.05, 3.63) is 17.6 Å². The van der Waals surface area contributed by atoms with E-state index in [1.54, 1.807) is 6.33 Å². The van der Waals surface area contributed by atoms with Crippen LogP contribution >= 0.6 is 0 Å². The van der Waals surface area contributed by atoms with Gasteiger partial charge in [0.15, 0.2) is 0 Å². The van der Waals surface area contributed by atoms with E-state index in [1.165, 1.54) is 18.4 Å². The van der Waals surface area contributed by atoms with E-state index >= 15 is 0 Å². The molecule has 1 aliphatic heterocycles. The van der Waals surface area contributed by atoms with Crippen molar-refractivity contribution in [2.45, 2.75) is 31.8 Å². The SMILES string of the molecule is c1nc2c(c(OCC3CNCCO3)n1)CCCC2. The van der Waals surface area contributed by atoms with E-state index in [-0.39, 0.29) is 6.10 Å². The summed E-state index contributed by atoms with van der Waals surface area (Å²) in [5.41, 5.74) is 2.36. The highest BCUT2D eigenvalue weighted by Gasteiger charge is 2.19. The Balaban J connectivity index is 1.65. The fraction of sp³-hybridized carbons (Fsp3) is 0.692. The van der Waals surface area contributed by atoms with Gasteiger partial charge in [-0.2, -0.15) is 0 Å². The summed E-state index contributed by atoms with van der Waals surface area (Å²) >= 11 is 0. The average molecular weight is 249 g/mol. The summed E-state index contributed by atoms with van der Waals surface area (Å²) in [5.74, 6) is 0.758. The van der Waals surface area contributed by atoms with Crippen molar-refractivity contribution in [2.75, 3.05) is 26.3 Å². The Labute approximate surface area is 107 Å². The number of aromatic nitrogens is 2. The molecule has 1 fully saturated rings. The molecule has 1 unspecified atom stereocenters. The van der Waals surface area contributed by atoms with Crippen LogP contribution in [0.5, 0.6) is 5.88 Å². The van der Waals surface area contributed by atoms with E-state index < -0.39 is 0 Å². The third-order valence-electron chi connectivity index (χ3n) is 3.50. The van der Waals surface area contributed by atoms with Gasteiger partial charge in [-0.3, -0.25) is 0 Å². The first-order valence-corrected chi connectivity index (χ1v) is 6.71. The summed E-state index contributed by atoms with van der Waals surface area (Å²) in [4.78, 5) is 8.61. The Hall–Kier alpha value is -1.20. The summed E-state index contributed by atoms with van der Waals surface area (Å²) in [5, 5.41) is 3.30. The predicted octanol–water partition coefficient (Wildman–Crippen LogP) is 0.723. The second kappa shape index (κ2) is 5.63. The summed E-state index contributed by atoms with van der Waals surface area (Å²) in [6, 6.07) is 0. The molecule has 1 atom stereocenters. The van der Waals surface area contributed by atoms with Crippen molar-refractivity contribution in [3.8, 4) is 5.88 Å². The molecule has 0 saturated carbocycles. The van der Waals surface area contributed by atoms with Gasteiger partial charge in [0, 0.05) is 18.7 Å². The molecule has 1 saturated heterocycles. The molecule has 1 N–H and O–H groups in total. The Bertz CT molecular complexity index is 405. The van der Waals surface area contributed by atoms with E-state index in [4.69, 9.17) is 9.47 Å². The Morgan fingerprint density at radius 1 is 1.33 bits per heavy atom. The third kappa shape index (κ3) is 2.62. The standard InChI is InChI=1S/C13H19N3O2/c1-2-4-12-11(3-1)13(16-9-15-12)18-8-10-7-14-5-6-17-10/h9-10,14H,1-8H2. The van der Waals surface area contributed by atoms with Crippen LogP contribution in [0.4, 0.5) is 0 Å². The number of morpholine rings is 1. The Kier molecular flexibility index (Phi) is 3.71. The third-order valence-corrected chi connectivity index (χ3v) is 3.50. The van der Waals surface area contributed by atoms with E-state index in [9.17, 15) is 0 Å². The van der Waals surface area contributed by atoms with Crippen LogP contribution in [0.1, 0.15) is 24.1 Å². The molecule has 1 aromatic heterocycles. The number of ether oxygens (including phenoxy) is 2. The molecular formula is C13H19N3O2. The Morgan fingerprint density at radius 2 is 2.28 bits per heavy atom. The molecule has 2 aliphatic rings. The van der Waals surface area contributed by atoms with Gasteiger partial charge in [0.25, 0.3) is 0 Å².